The highest BCUT2D eigenvalue weighted by molar-refractivity contribution is 5.80. The summed E-state index contributed by atoms with van der Waals surface area (Å²) in [4.78, 5) is 28.6. The molecule has 0 aliphatic carbocycles. The molecule has 1 aliphatic rings. The number of hydrogen-bond donors (Lipinski definition) is 3. The minimum atomic E-state index is -0.959. The lowest BCUT2D eigenvalue weighted by molar-refractivity contribution is -0.143. The predicted octanol–water partition coefficient (Wildman–Crippen LogP) is 1.40. The molecule has 3 aromatic rings. The molecule has 3 heterocycles. The molecule has 128 valence electrons. The number of ether oxygens (including phenoxy) is 1. The number of aromatic amines is 2. The van der Waals surface area contributed by atoms with Crippen molar-refractivity contribution in [2.45, 2.75) is 19.1 Å². The van der Waals surface area contributed by atoms with E-state index in [4.69, 9.17) is 4.74 Å². The third kappa shape index (κ3) is 2.56. The Kier molecular flexibility index (Phi) is 3.54. The number of H-pyrrole nitrogens is 2. The molecule has 0 bridgehead atoms. The summed E-state index contributed by atoms with van der Waals surface area (Å²) in [5.41, 5.74) is 2.40. The quantitative estimate of drug-likeness (QED) is 0.662. The van der Waals surface area contributed by atoms with E-state index in [0.717, 1.165) is 11.1 Å². The van der Waals surface area contributed by atoms with E-state index in [1.54, 1.807) is 30.2 Å². The van der Waals surface area contributed by atoms with Crippen LogP contribution in [0.15, 0.2) is 35.3 Å². The highest BCUT2D eigenvalue weighted by Crippen LogP contribution is 2.33. The molecule has 1 atom stereocenters. The third-order valence-corrected chi connectivity index (χ3v) is 4.51. The highest BCUT2D eigenvalue weighted by Gasteiger charge is 2.37. The average Bonchev–Trinajstić information content (AvgIpc) is 3.15. The van der Waals surface area contributed by atoms with E-state index in [0.29, 0.717) is 28.9 Å². The van der Waals surface area contributed by atoms with E-state index in [1.807, 2.05) is 6.07 Å². The van der Waals surface area contributed by atoms with Gasteiger partial charge in [0.05, 0.1) is 19.0 Å². The van der Waals surface area contributed by atoms with Gasteiger partial charge in [0.2, 0.25) is 0 Å². The number of fused-ring (bicyclic) bond motifs is 2. The average molecular weight is 340 g/mol. The molecule has 3 N–H and O–H groups in total. The van der Waals surface area contributed by atoms with Crippen LogP contribution >= 0.6 is 0 Å². The van der Waals surface area contributed by atoms with Gasteiger partial charge in [0, 0.05) is 35.1 Å². The molecule has 1 aliphatic heterocycles. The third-order valence-electron chi connectivity index (χ3n) is 4.51. The van der Waals surface area contributed by atoms with E-state index in [1.165, 1.54) is 6.20 Å². The number of hydrogen-bond acceptors (Lipinski definition) is 5. The first kappa shape index (κ1) is 15.4. The summed E-state index contributed by atoms with van der Waals surface area (Å²) in [7, 11) is 1.58. The monoisotopic (exact) mass is 340 g/mol. The van der Waals surface area contributed by atoms with Gasteiger partial charge in [0.1, 0.15) is 11.8 Å². The van der Waals surface area contributed by atoms with Crippen molar-refractivity contribution in [3.63, 3.8) is 0 Å². The molecule has 2 aromatic heterocycles. The van der Waals surface area contributed by atoms with Gasteiger partial charge < -0.3 is 14.8 Å². The molecule has 4 rings (SSSR count). The zero-order valence-corrected chi connectivity index (χ0v) is 13.4. The number of methoxy groups -OCH3 is 1. The Bertz CT molecular complexity index is 1020. The maximum Gasteiger partial charge on any atom is 0.325 e. The topological polar surface area (TPSA) is 111 Å². The standard InChI is InChI=1S/C17H16N4O4/c1-25-11-2-3-13-9(5-11)4-10(16(22)19-13)7-21-8-14-12(6-18-20-14)15(21)17(23)24/h2-6,15H,7-8H2,1H3,(H,18,20)(H,19,22)(H,23,24). The van der Waals surface area contributed by atoms with E-state index in [2.05, 4.69) is 15.2 Å². The number of nitrogens with one attached hydrogen (secondary N) is 2. The number of nitrogens with zero attached hydrogens (tertiary/aromatic N) is 2. The maximum atomic E-state index is 12.4. The van der Waals surface area contributed by atoms with Crippen LogP contribution in [0, 0.1) is 0 Å². The molecule has 0 saturated carbocycles. The number of rotatable bonds is 4. The lowest BCUT2D eigenvalue weighted by Crippen LogP contribution is -2.30. The van der Waals surface area contributed by atoms with Gasteiger partial charge in [0.15, 0.2) is 0 Å². The molecule has 0 spiro atoms. The Labute approximate surface area is 142 Å². The second-order valence-electron chi connectivity index (χ2n) is 6.03. The Morgan fingerprint density at radius 2 is 2.28 bits per heavy atom. The van der Waals surface area contributed by atoms with Crippen molar-refractivity contribution < 1.29 is 14.6 Å². The molecule has 25 heavy (non-hydrogen) atoms. The number of pyridine rings is 1. The lowest BCUT2D eigenvalue weighted by Gasteiger charge is -2.21. The number of carbonyl (C=O) groups is 1. The fourth-order valence-electron chi connectivity index (χ4n) is 3.31. The number of carboxylic acids is 1. The van der Waals surface area contributed by atoms with E-state index in [-0.39, 0.29) is 12.1 Å². The van der Waals surface area contributed by atoms with Crippen molar-refractivity contribution in [2.75, 3.05) is 7.11 Å². The maximum absolute atomic E-state index is 12.4. The van der Waals surface area contributed by atoms with Crippen molar-refractivity contribution in [1.29, 1.82) is 0 Å². The van der Waals surface area contributed by atoms with Crippen LogP contribution in [0.5, 0.6) is 5.75 Å². The summed E-state index contributed by atoms with van der Waals surface area (Å²) < 4.78 is 5.22. The van der Waals surface area contributed by atoms with Gasteiger partial charge in [-0.15, -0.1) is 0 Å². The molecule has 0 fully saturated rings. The van der Waals surface area contributed by atoms with Crippen LogP contribution in [0.2, 0.25) is 0 Å². The molecular formula is C17H16N4O4. The van der Waals surface area contributed by atoms with Gasteiger partial charge in [-0.05, 0) is 24.3 Å². The zero-order chi connectivity index (χ0) is 17.6. The van der Waals surface area contributed by atoms with Gasteiger partial charge in [-0.3, -0.25) is 19.6 Å². The Balaban J connectivity index is 1.70. The highest BCUT2D eigenvalue weighted by atomic mass is 16.5. The summed E-state index contributed by atoms with van der Waals surface area (Å²) >= 11 is 0. The molecule has 1 aromatic carbocycles. The number of carboxylic acid groups (broad SMARTS) is 1. The summed E-state index contributed by atoms with van der Waals surface area (Å²) in [5, 5.41) is 17.1. The summed E-state index contributed by atoms with van der Waals surface area (Å²) in [6.07, 6.45) is 1.53. The first-order valence-electron chi connectivity index (χ1n) is 7.76. The lowest BCUT2D eigenvalue weighted by atomic mass is 10.1. The van der Waals surface area contributed by atoms with Gasteiger partial charge in [0.25, 0.3) is 5.56 Å². The van der Waals surface area contributed by atoms with E-state index >= 15 is 0 Å². The Morgan fingerprint density at radius 1 is 1.44 bits per heavy atom. The SMILES string of the molecule is COc1ccc2[nH]c(=O)c(CN3Cc4[nH]ncc4C3C(=O)O)cc2c1. The fourth-order valence-corrected chi connectivity index (χ4v) is 3.31. The minimum Gasteiger partial charge on any atom is -0.497 e. The molecule has 0 saturated heterocycles. The van der Waals surface area contributed by atoms with E-state index in [9.17, 15) is 14.7 Å². The van der Waals surface area contributed by atoms with Gasteiger partial charge >= 0.3 is 5.97 Å². The van der Waals surface area contributed by atoms with Crippen molar-refractivity contribution >= 4 is 16.9 Å². The normalized spacial score (nSPS) is 16.9. The smallest absolute Gasteiger partial charge is 0.325 e. The second kappa shape index (κ2) is 5.75. The number of aromatic nitrogens is 3. The van der Waals surface area contributed by atoms with Crippen molar-refractivity contribution in [2.24, 2.45) is 0 Å². The Morgan fingerprint density at radius 3 is 3.04 bits per heavy atom. The zero-order valence-electron chi connectivity index (χ0n) is 13.4. The van der Waals surface area contributed by atoms with Crippen LogP contribution < -0.4 is 10.3 Å². The van der Waals surface area contributed by atoms with Crippen LogP contribution in [0.1, 0.15) is 22.9 Å². The van der Waals surface area contributed by atoms with Crippen molar-refractivity contribution in [3.8, 4) is 5.75 Å². The second-order valence-corrected chi connectivity index (χ2v) is 6.03. The van der Waals surface area contributed by atoms with Crippen LogP contribution in [0.25, 0.3) is 10.9 Å². The summed E-state index contributed by atoms with van der Waals surface area (Å²) in [6.45, 7) is 0.629. The Hall–Kier alpha value is -3.13. The van der Waals surface area contributed by atoms with Gasteiger partial charge in [-0.1, -0.05) is 0 Å². The first-order valence-corrected chi connectivity index (χ1v) is 7.76. The molecule has 1 unspecified atom stereocenters. The minimum absolute atomic E-state index is 0.224. The first-order chi connectivity index (χ1) is 12.1. The predicted molar refractivity (Wildman–Crippen MR) is 89.3 cm³/mol. The van der Waals surface area contributed by atoms with Gasteiger partial charge in [-0.2, -0.15) is 5.10 Å². The largest absolute Gasteiger partial charge is 0.497 e. The molecule has 0 radical (unpaired) electrons. The summed E-state index contributed by atoms with van der Waals surface area (Å²) in [6, 6.07) is 6.36. The van der Waals surface area contributed by atoms with Crippen LogP contribution in [0.3, 0.4) is 0 Å². The molecule has 0 amide bonds. The number of benzene rings is 1. The van der Waals surface area contributed by atoms with Crippen molar-refractivity contribution in [1.82, 2.24) is 20.1 Å². The summed E-state index contributed by atoms with van der Waals surface area (Å²) in [5.74, 6) is -0.268. The number of aliphatic carboxylic acids is 1. The van der Waals surface area contributed by atoms with Crippen LogP contribution in [-0.4, -0.2) is 38.3 Å². The molecule has 8 nitrogen and oxygen atoms in total. The van der Waals surface area contributed by atoms with Crippen LogP contribution in [-0.2, 0) is 17.9 Å². The van der Waals surface area contributed by atoms with Gasteiger partial charge in [-0.25, -0.2) is 0 Å². The molecule has 8 heteroatoms. The molecular weight excluding hydrogens is 324 g/mol. The van der Waals surface area contributed by atoms with Crippen LogP contribution in [0.4, 0.5) is 0 Å². The fraction of sp³-hybridized carbons (Fsp3) is 0.235. The van der Waals surface area contributed by atoms with Crippen molar-refractivity contribution in [3.05, 3.63) is 57.6 Å². The van der Waals surface area contributed by atoms with E-state index < -0.39 is 12.0 Å².